The minimum atomic E-state index is -2.35. The Morgan fingerprint density at radius 3 is 1.73 bits per heavy atom. The minimum Gasteiger partial charge on any atom is -0.377 e. The molecule has 0 aromatic carbocycles. The molecular weight excluding hydrogens is 480 g/mol. The summed E-state index contributed by atoms with van der Waals surface area (Å²) in [6, 6.07) is 0.915. The van der Waals surface area contributed by atoms with Crippen LogP contribution in [0.1, 0.15) is 124 Å². The maximum atomic E-state index is 5.68. The first-order valence-corrected chi connectivity index (χ1v) is 17.6. The number of fused-ring (bicyclic) bond motifs is 2. The van der Waals surface area contributed by atoms with Crippen molar-refractivity contribution in [3.8, 4) is 0 Å². The van der Waals surface area contributed by atoms with E-state index in [0.717, 1.165) is 30.2 Å². The summed E-state index contributed by atoms with van der Waals surface area (Å²) in [5, 5.41) is 0. The molecule has 0 N–H and O–H groups in total. The van der Waals surface area contributed by atoms with Crippen LogP contribution in [0.15, 0.2) is 0 Å². The van der Waals surface area contributed by atoms with Crippen molar-refractivity contribution in [3.63, 3.8) is 0 Å². The predicted molar refractivity (Wildman–Crippen MR) is 154 cm³/mol. The molecular formula is C31H60O5Si. The van der Waals surface area contributed by atoms with Crippen molar-refractivity contribution < 1.29 is 22.8 Å². The lowest BCUT2D eigenvalue weighted by atomic mass is 9.73. The summed E-state index contributed by atoms with van der Waals surface area (Å²) >= 11 is 0. The molecule has 218 valence electrons. The molecule has 4 rings (SSSR count). The Morgan fingerprint density at radius 1 is 0.703 bits per heavy atom. The fourth-order valence-electron chi connectivity index (χ4n) is 6.88. The average molecular weight is 541 g/mol. The van der Waals surface area contributed by atoms with Crippen LogP contribution in [0.3, 0.4) is 0 Å². The van der Waals surface area contributed by atoms with Gasteiger partial charge in [0.25, 0.3) is 0 Å². The van der Waals surface area contributed by atoms with Gasteiger partial charge in [-0.25, -0.2) is 0 Å². The zero-order valence-corrected chi connectivity index (χ0v) is 26.4. The number of epoxide rings is 2. The van der Waals surface area contributed by atoms with Gasteiger partial charge in [0.2, 0.25) is 0 Å². The van der Waals surface area contributed by atoms with Gasteiger partial charge < -0.3 is 22.8 Å². The van der Waals surface area contributed by atoms with Gasteiger partial charge in [0.15, 0.2) is 0 Å². The fraction of sp³-hybridized carbons (Fsp3) is 1.00. The lowest BCUT2D eigenvalue weighted by molar-refractivity contribution is 0.120. The van der Waals surface area contributed by atoms with Gasteiger partial charge in [0.05, 0.1) is 24.4 Å². The van der Waals surface area contributed by atoms with Gasteiger partial charge in [0.1, 0.15) is 0 Å². The minimum absolute atomic E-state index is 0.484. The number of hydrogen-bond acceptors (Lipinski definition) is 5. The van der Waals surface area contributed by atoms with Gasteiger partial charge in [-0.2, -0.15) is 0 Å². The fourth-order valence-corrected chi connectivity index (χ4v) is 8.75. The Bertz CT molecular complexity index is 625. The molecule has 2 saturated carbocycles. The molecule has 2 aliphatic heterocycles. The number of ether oxygens (including phenoxy) is 2. The molecule has 0 spiro atoms. The second-order valence-corrected chi connectivity index (χ2v) is 16.6. The number of hydrogen-bond donors (Lipinski definition) is 0. The summed E-state index contributed by atoms with van der Waals surface area (Å²) in [6.45, 7) is 9.65. The van der Waals surface area contributed by atoms with Crippen LogP contribution in [-0.4, -0.2) is 54.5 Å². The molecule has 2 aliphatic carbocycles. The Balaban J connectivity index is 0.000000213. The van der Waals surface area contributed by atoms with Gasteiger partial charge in [0, 0.05) is 27.4 Å². The molecule has 0 amide bonds. The molecule has 0 radical (unpaired) electrons. The molecule has 7 unspecified atom stereocenters. The van der Waals surface area contributed by atoms with Crippen molar-refractivity contribution in [1.29, 1.82) is 0 Å². The highest BCUT2D eigenvalue weighted by Gasteiger charge is 2.46. The quantitative estimate of drug-likeness (QED) is 0.119. The summed E-state index contributed by atoms with van der Waals surface area (Å²) in [4.78, 5) is 0. The van der Waals surface area contributed by atoms with E-state index in [2.05, 4.69) is 27.7 Å². The first-order valence-electron chi connectivity index (χ1n) is 15.7. The monoisotopic (exact) mass is 540 g/mol. The van der Waals surface area contributed by atoms with Crippen molar-refractivity contribution in [2.24, 2.45) is 23.2 Å². The van der Waals surface area contributed by atoms with E-state index in [1.165, 1.54) is 89.9 Å². The molecule has 4 aliphatic rings. The van der Waals surface area contributed by atoms with Crippen LogP contribution >= 0.6 is 0 Å². The SMILES string of the molecule is CCCCCCCC(CCC1CCC2OC2C1)C(C)(C)C.CO[Si](CCC1CCC2OC2C1)(OC)OC. The molecule has 6 heteroatoms. The molecule has 0 bridgehead atoms. The van der Waals surface area contributed by atoms with Gasteiger partial charge in [-0.3, -0.25) is 0 Å². The van der Waals surface area contributed by atoms with Gasteiger partial charge in [-0.05, 0) is 81.0 Å². The summed E-state index contributed by atoms with van der Waals surface area (Å²) in [5.74, 6) is 2.63. The van der Waals surface area contributed by atoms with E-state index in [-0.39, 0.29) is 0 Å². The third-order valence-electron chi connectivity index (χ3n) is 9.82. The van der Waals surface area contributed by atoms with E-state index in [9.17, 15) is 0 Å². The van der Waals surface area contributed by atoms with Crippen molar-refractivity contribution in [3.05, 3.63) is 0 Å². The van der Waals surface area contributed by atoms with Crippen LogP contribution in [0.25, 0.3) is 0 Å². The highest BCUT2D eigenvalue weighted by Crippen LogP contribution is 2.43. The van der Waals surface area contributed by atoms with Crippen LogP contribution in [0.2, 0.25) is 6.04 Å². The number of unbranched alkanes of at least 4 members (excludes halogenated alkanes) is 4. The molecule has 37 heavy (non-hydrogen) atoms. The maximum absolute atomic E-state index is 5.68. The van der Waals surface area contributed by atoms with Gasteiger partial charge in [-0.15, -0.1) is 0 Å². The second kappa shape index (κ2) is 15.1. The third kappa shape index (κ3) is 10.5. The molecule has 0 aromatic heterocycles. The standard InChI is InChI=1S/C20H38O.C11H22O4Si/c1-5-6-7-8-9-10-17(20(2,3)4)13-11-16-12-14-18-19(15-16)21-18;1-12-16(13-2,14-3)7-6-9-4-5-10-11(8-9)15-10/h16-19H,5-15H2,1-4H3;9-11H,4-8H2,1-3H3. The summed E-state index contributed by atoms with van der Waals surface area (Å²) < 4.78 is 27.5. The molecule has 5 nitrogen and oxygen atoms in total. The zero-order chi connectivity index (χ0) is 26.9. The lowest BCUT2D eigenvalue weighted by Crippen LogP contribution is -2.43. The predicted octanol–water partition coefficient (Wildman–Crippen LogP) is 8.18. The van der Waals surface area contributed by atoms with E-state index in [4.69, 9.17) is 22.8 Å². The van der Waals surface area contributed by atoms with E-state index < -0.39 is 8.80 Å². The second-order valence-electron chi connectivity index (χ2n) is 13.5. The zero-order valence-electron chi connectivity index (χ0n) is 25.4. The summed E-state index contributed by atoms with van der Waals surface area (Å²) in [7, 11) is 2.69. The normalized spacial score (nSPS) is 31.5. The summed E-state index contributed by atoms with van der Waals surface area (Å²) in [6.07, 6.45) is 22.9. The first-order chi connectivity index (χ1) is 17.7. The maximum Gasteiger partial charge on any atom is 0.500 e. The molecule has 2 saturated heterocycles. The molecule has 4 fully saturated rings. The van der Waals surface area contributed by atoms with Gasteiger partial charge in [-0.1, -0.05) is 66.2 Å². The molecule has 0 aromatic rings. The largest absolute Gasteiger partial charge is 0.500 e. The van der Waals surface area contributed by atoms with E-state index in [1.54, 1.807) is 21.3 Å². The highest BCUT2D eigenvalue weighted by molar-refractivity contribution is 6.60. The van der Waals surface area contributed by atoms with Crippen LogP contribution in [0.5, 0.6) is 0 Å². The smallest absolute Gasteiger partial charge is 0.377 e. The lowest BCUT2D eigenvalue weighted by Gasteiger charge is -2.32. The summed E-state index contributed by atoms with van der Waals surface area (Å²) in [5.41, 5.74) is 0.484. The Labute approximate surface area is 230 Å². The van der Waals surface area contributed by atoms with Crippen molar-refractivity contribution >= 4 is 8.80 Å². The first kappa shape index (κ1) is 31.5. The third-order valence-corrected chi connectivity index (χ3v) is 12.6. The van der Waals surface area contributed by atoms with Crippen molar-refractivity contribution in [2.45, 2.75) is 154 Å². The number of rotatable bonds is 15. The topological polar surface area (TPSA) is 52.8 Å². The Morgan fingerprint density at radius 2 is 1.24 bits per heavy atom. The molecule has 2 heterocycles. The van der Waals surface area contributed by atoms with E-state index in [0.29, 0.717) is 29.8 Å². The Kier molecular flexibility index (Phi) is 12.9. The van der Waals surface area contributed by atoms with Crippen molar-refractivity contribution in [2.75, 3.05) is 21.3 Å². The average Bonchev–Trinajstić information content (AvgIpc) is 3.81. The van der Waals surface area contributed by atoms with Crippen LogP contribution in [0, 0.1) is 23.2 Å². The van der Waals surface area contributed by atoms with E-state index in [1.807, 2.05) is 0 Å². The van der Waals surface area contributed by atoms with Crippen LogP contribution in [0.4, 0.5) is 0 Å². The van der Waals surface area contributed by atoms with Crippen LogP contribution in [-0.2, 0) is 22.8 Å². The van der Waals surface area contributed by atoms with Crippen molar-refractivity contribution in [1.82, 2.24) is 0 Å². The van der Waals surface area contributed by atoms with E-state index >= 15 is 0 Å². The van der Waals surface area contributed by atoms with Gasteiger partial charge >= 0.3 is 8.80 Å². The highest BCUT2D eigenvalue weighted by atomic mass is 28.4. The van der Waals surface area contributed by atoms with Crippen LogP contribution < -0.4 is 0 Å². The molecule has 7 atom stereocenters. The Hall–Kier alpha value is 0.0169.